The minimum atomic E-state index is -0.331. The van der Waals surface area contributed by atoms with E-state index in [0.717, 1.165) is 12.8 Å². The van der Waals surface area contributed by atoms with Crippen LogP contribution in [0, 0.1) is 0 Å². The molecule has 6 nitrogen and oxygen atoms in total. The molecule has 0 unspecified atom stereocenters. The van der Waals surface area contributed by atoms with Crippen LogP contribution in [-0.4, -0.2) is 43.0 Å². The molecule has 3 rings (SSSR count). The number of anilines is 2. The number of fused-ring (bicyclic) bond motifs is 1. The predicted molar refractivity (Wildman–Crippen MR) is 74.5 cm³/mol. The molecule has 0 spiro atoms. The number of rotatable bonds is 2. The number of benzene rings is 1. The Morgan fingerprint density at radius 2 is 2.15 bits per heavy atom. The fourth-order valence-corrected chi connectivity index (χ4v) is 2.93. The van der Waals surface area contributed by atoms with Gasteiger partial charge in [-0.2, -0.15) is 0 Å². The molecule has 2 heterocycles. The van der Waals surface area contributed by atoms with E-state index in [4.69, 9.17) is 10.5 Å². The minimum Gasteiger partial charge on any atom is -0.495 e. The fraction of sp³-hybridized carbons (Fsp3) is 0.429. The number of carbonyl (C=O) groups is 2. The van der Waals surface area contributed by atoms with Crippen molar-refractivity contribution in [3.63, 3.8) is 0 Å². The molecule has 1 atom stereocenters. The van der Waals surface area contributed by atoms with Gasteiger partial charge in [0.15, 0.2) is 0 Å². The van der Waals surface area contributed by atoms with Crippen LogP contribution in [0.4, 0.5) is 11.4 Å². The molecule has 1 aromatic rings. The first-order valence-electron chi connectivity index (χ1n) is 6.66. The minimum absolute atomic E-state index is 0.0171. The number of amides is 2. The van der Waals surface area contributed by atoms with Crippen LogP contribution >= 0.6 is 0 Å². The largest absolute Gasteiger partial charge is 0.495 e. The number of nitrogens with zero attached hydrogens (tertiary/aromatic N) is 2. The van der Waals surface area contributed by atoms with Gasteiger partial charge in [-0.25, -0.2) is 0 Å². The maximum Gasteiger partial charge on any atom is 0.250 e. The van der Waals surface area contributed by atoms with E-state index in [0.29, 0.717) is 23.7 Å². The molecule has 20 heavy (non-hydrogen) atoms. The quantitative estimate of drug-likeness (QED) is 0.803. The van der Waals surface area contributed by atoms with Crippen LogP contribution in [0.2, 0.25) is 0 Å². The Hall–Kier alpha value is -2.24. The van der Waals surface area contributed by atoms with E-state index in [1.165, 1.54) is 12.0 Å². The molecule has 2 amide bonds. The Labute approximate surface area is 117 Å². The van der Waals surface area contributed by atoms with Crippen LogP contribution < -0.4 is 15.4 Å². The molecule has 6 heteroatoms. The zero-order chi connectivity index (χ0) is 14.3. The van der Waals surface area contributed by atoms with Gasteiger partial charge in [-0.15, -0.1) is 0 Å². The Balaban J connectivity index is 1.99. The van der Waals surface area contributed by atoms with Crippen molar-refractivity contribution in [1.29, 1.82) is 0 Å². The van der Waals surface area contributed by atoms with E-state index < -0.39 is 0 Å². The molecule has 2 aliphatic rings. The summed E-state index contributed by atoms with van der Waals surface area (Å²) in [5.74, 6) is 0.481. The number of nitrogen functional groups attached to an aromatic ring is 1. The van der Waals surface area contributed by atoms with E-state index in [9.17, 15) is 9.59 Å². The van der Waals surface area contributed by atoms with Gasteiger partial charge in [-0.3, -0.25) is 14.5 Å². The summed E-state index contributed by atoms with van der Waals surface area (Å²) in [5, 5.41) is 0. The van der Waals surface area contributed by atoms with Gasteiger partial charge in [0.05, 0.1) is 12.8 Å². The maximum absolute atomic E-state index is 12.6. The van der Waals surface area contributed by atoms with Crippen LogP contribution in [0.15, 0.2) is 18.2 Å². The van der Waals surface area contributed by atoms with Crippen LogP contribution in [0.3, 0.4) is 0 Å². The summed E-state index contributed by atoms with van der Waals surface area (Å²) < 4.78 is 5.27. The highest BCUT2D eigenvalue weighted by Crippen LogP contribution is 2.34. The highest BCUT2D eigenvalue weighted by Gasteiger charge is 2.43. The number of piperazine rings is 1. The Kier molecular flexibility index (Phi) is 3.00. The van der Waals surface area contributed by atoms with Gasteiger partial charge >= 0.3 is 0 Å². The van der Waals surface area contributed by atoms with Crippen molar-refractivity contribution in [2.24, 2.45) is 0 Å². The lowest BCUT2D eigenvalue weighted by atomic mass is 10.1. The van der Waals surface area contributed by atoms with Crippen molar-refractivity contribution in [2.45, 2.75) is 18.9 Å². The van der Waals surface area contributed by atoms with Crippen LogP contribution in [0.25, 0.3) is 0 Å². The summed E-state index contributed by atoms with van der Waals surface area (Å²) in [4.78, 5) is 27.9. The van der Waals surface area contributed by atoms with Crippen molar-refractivity contribution in [1.82, 2.24) is 4.90 Å². The number of hydrogen-bond donors (Lipinski definition) is 1. The van der Waals surface area contributed by atoms with E-state index >= 15 is 0 Å². The average molecular weight is 275 g/mol. The number of nitrogens with two attached hydrogens (primary N) is 1. The first kappa shape index (κ1) is 12.8. The summed E-state index contributed by atoms with van der Waals surface area (Å²) in [6, 6.07) is 4.76. The smallest absolute Gasteiger partial charge is 0.250 e. The van der Waals surface area contributed by atoms with Gasteiger partial charge in [-0.05, 0) is 31.0 Å². The van der Waals surface area contributed by atoms with E-state index in [2.05, 4.69) is 0 Å². The lowest BCUT2D eigenvalue weighted by molar-refractivity contribution is -0.140. The molecule has 1 aromatic carbocycles. The van der Waals surface area contributed by atoms with Crippen molar-refractivity contribution in [3.05, 3.63) is 18.2 Å². The summed E-state index contributed by atoms with van der Waals surface area (Å²) in [5.41, 5.74) is 6.89. The third-order valence-corrected chi connectivity index (χ3v) is 3.91. The van der Waals surface area contributed by atoms with Crippen molar-refractivity contribution < 1.29 is 14.3 Å². The Morgan fingerprint density at radius 1 is 1.35 bits per heavy atom. The topological polar surface area (TPSA) is 75.9 Å². The Bertz CT molecular complexity index is 573. The van der Waals surface area contributed by atoms with Gasteiger partial charge < -0.3 is 15.4 Å². The van der Waals surface area contributed by atoms with Gasteiger partial charge in [0.25, 0.3) is 0 Å². The first-order valence-corrected chi connectivity index (χ1v) is 6.66. The zero-order valence-electron chi connectivity index (χ0n) is 11.3. The molecule has 2 saturated heterocycles. The normalized spacial score (nSPS) is 22.1. The molecule has 106 valence electrons. The monoisotopic (exact) mass is 275 g/mol. The highest BCUT2D eigenvalue weighted by molar-refractivity contribution is 6.07. The molecule has 2 N–H and O–H groups in total. The van der Waals surface area contributed by atoms with Crippen LogP contribution in [0.1, 0.15) is 12.8 Å². The van der Waals surface area contributed by atoms with E-state index in [-0.39, 0.29) is 24.4 Å². The molecule has 0 saturated carbocycles. The molecule has 2 aliphatic heterocycles. The van der Waals surface area contributed by atoms with Gasteiger partial charge in [0, 0.05) is 12.2 Å². The molecule has 0 radical (unpaired) electrons. The molecule has 2 fully saturated rings. The summed E-state index contributed by atoms with van der Waals surface area (Å²) in [6.07, 6.45) is 1.61. The number of hydrogen-bond acceptors (Lipinski definition) is 4. The van der Waals surface area contributed by atoms with Gasteiger partial charge in [-0.1, -0.05) is 0 Å². The number of methoxy groups -OCH3 is 1. The molecule has 0 aromatic heterocycles. The van der Waals surface area contributed by atoms with Crippen molar-refractivity contribution >= 4 is 23.2 Å². The highest BCUT2D eigenvalue weighted by atomic mass is 16.5. The van der Waals surface area contributed by atoms with Gasteiger partial charge in [0.2, 0.25) is 11.8 Å². The number of carbonyl (C=O) groups excluding carboxylic acids is 2. The SMILES string of the molecule is COc1ccc(N)cc1N1CC(=O)N2CCC[C@H]2C1=O. The maximum atomic E-state index is 12.6. The average Bonchev–Trinajstić information content (AvgIpc) is 2.93. The van der Waals surface area contributed by atoms with Crippen molar-refractivity contribution in [3.8, 4) is 5.75 Å². The van der Waals surface area contributed by atoms with Crippen molar-refractivity contribution in [2.75, 3.05) is 30.8 Å². The van der Waals surface area contributed by atoms with Gasteiger partial charge in [0.1, 0.15) is 18.3 Å². The molecular weight excluding hydrogens is 258 g/mol. The van der Waals surface area contributed by atoms with E-state index in [1.54, 1.807) is 23.1 Å². The second-order valence-corrected chi connectivity index (χ2v) is 5.10. The second-order valence-electron chi connectivity index (χ2n) is 5.10. The third kappa shape index (κ3) is 1.88. The predicted octanol–water partition coefficient (Wildman–Crippen LogP) is 0.615. The summed E-state index contributed by atoms with van der Waals surface area (Å²) in [6.45, 7) is 0.728. The van der Waals surface area contributed by atoms with Crippen LogP contribution in [0.5, 0.6) is 5.75 Å². The molecule has 0 bridgehead atoms. The Morgan fingerprint density at radius 3 is 2.90 bits per heavy atom. The zero-order valence-corrected chi connectivity index (χ0v) is 11.3. The molecular formula is C14H17N3O3. The standard InChI is InChI=1S/C14H17N3O3/c1-20-12-5-4-9(15)7-11(12)17-8-13(18)16-6-2-3-10(16)14(17)19/h4-5,7,10H,2-3,6,8,15H2,1H3/t10-/m0/s1. The lowest BCUT2D eigenvalue weighted by Gasteiger charge is -2.36. The second kappa shape index (κ2) is 4.70. The molecule has 0 aliphatic carbocycles. The summed E-state index contributed by atoms with van der Waals surface area (Å²) in [7, 11) is 1.53. The summed E-state index contributed by atoms with van der Waals surface area (Å²) >= 11 is 0. The van der Waals surface area contributed by atoms with E-state index in [1.807, 2.05) is 0 Å². The van der Waals surface area contributed by atoms with Crippen LogP contribution in [-0.2, 0) is 9.59 Å². The number of ether oxygens (including phenoxy) is 1. The lowest BCUT2D eigenvalue weighted by Crippen LogP contribution is -2.57. The third-order valence-electron chi connectivity index (χ3n) is 3.91. The first-order chi connectivity index (χ1) is 9.61. The fourth-order valence-electron chi connectivity index (χ4n) is 2.93.